The van der Waals surface area contributed by atoms with Gasteiger partial charge in [0.25, 0.3) is 0 Å². The van der Waals surface area contributed by atoms with Crippen LogP contribution in [0, 0.1) is 13.2 Å². The van der Waals surface area contributed by atoms with Crippen LogP contribution in [0.25, 0.3) is 0 Å². The van der Waals surface area contributed by atoms with Gasteiger partial charge in [-0.15, -0.1) is 0 Å². The Morgan fingerprint density at radius 1 is 0.889 bits per heavy atom. The van der Waals surface area contributed by atoms with Gasteiger partial charge in [-0.1, -0.05) is 13.2 Å². The summed E-state index contributed by atoms with van der Waals surface area (Å²) < 4.78 is 9.62. The average Bonchev–Trinajstić information content (AvgIpc) is 2.31. The largest absolute Gasteiger partial charge is 0.455 e. The molecule has 0 fully saturated rings. The minimum absolute atomic E-state index is 0.381. The van der Waals surface area contributed by atoms with E-state index in [0.29, 0.717) is 24.0 Å². The fourth-order valence-electron chi connectivity index (χ4n) is 0.926. The van der Waals surface area contributed by atoms with Gasteiger partial charge in [-0.25, -0.2) is 9.59 Å². The third-order valence-corrected chi connectivity index (χ3v) is 1.97. The molecule has 4 nitrogen and oxygen atoms in total. The first-order valence-electron chi connectivity index (χ1n) is 5.81. The van der Waals surface area contributed by atoms with Crippen molar-refractivity contribution in [2.24, 2.45) is 0 Å². The van der Waals surface area contributed by atoms with E-state index in [9.17, 15) is 9.59 Å². The third-order valence-electron chi connectivity index (χ3n) is 1.97. The van der Waals surface area contributed by atoms with Crippen LogP contribution < -0.4 is 0 Å². The Labute approximate surface area is 109 Å². The number of unbranched alkanes of at least 4 members (excludes halogenated alkanes) is 3. The lowest BCUT2D eigenvalue weighted by atomic mass is 10.2. The van der Waals surface area contributed by atoms with Crippen molar-refractivity contribution >= 4 is 11.9 Å². The minimum Gasteiger partial charge on any atom is -0.455 e. The topological polar surface area (TPSA) is 52.6 Å². The number of hydrogen-bond acceptors (Lipinski definition) is 4. The van der Waals surface area contributed by atoms with Crippen molar-refractivity contribution in [2.75, 3.05) is 0 Å². The molecule has 0 aliphatic heterocycles. The molecule has 0 aromatic carbocycles. The Hall–Kier alpha value is -1.58. The molecule has 0 aromatic heterocycles. The SMILES string of the molecule is C=C(C)C(=O)O[CH]CCCC[CH]OC(=O)C(=C)C. The number of hydrogen-bond donors (Lipinski definition) is 0. The highest BCUT2D eigenvalue weighted by Crippen LogP contribution is 2.07. The van der Waals surface area contributed by atoms with Gasteiger partial charge in [-0.2, -0.15) is 0 Å². The lowest BCUT2D eigenvalue weighted by molar-refractivity contribution is -0.136. The maximum atomic E-state index is 11.0. The number of ether oxygens (including phenoxy) is 2. The van der Waals surface area contributed by atoms with Crippen LogP contribution in [0.2, 0.25) is 0 Å². The normalized spacial score (nSPS) is 9.67. The third kappa shape index (κ3) is 8.56. The molecule has 0 heterocycles. The van der Waals surface area contributed by atoms with E-state index in [2.05, 4.69) is 13.2 Å². The second-order valence-electron chi connectivity index (χ2n) is 3.99. The van der Waals surface area contributed by atoms with E-state index in [-0.39, 0.29) is 0 Å². The first-order chi connectivity index (χ1) is 8.45. The van der Waals surface area contributed by atoms with E-state index in [1.807, 2.05) is 0 Å². The molecule has 0 atom stereocenters. The molecule has 0 saturated heterocycles. The number of esters is 2. The standard InChI is InChI=1S/C14H20O4/c1-11(2)13(15)17-9-7-5-6-8-10-18-14(16)12(3)4/h9-10H,1,3,5-8H2,2,4H3. The fourth-order valence-corrected chi connectivity index (χ4v) is 0.926. The molecule has 0 N–H and O–H groups in total. The van der Waals surface area contributed by atoms with Gasteiger partial charge in [-0.3, -0.25) is 0 Å². The number of carbonyl (C=O) groups excluding carboxylic acids is 2. The first kappa shape index (κ1) is 16.4. The summed E-state index contributed by atoms with van der Waals surface area (Å²) in [5.74, 6) is -0.811. The molecule has 4 heteroatoms. The van der Waals surface area contributed by atoms with Crippen molar-refractivity contribution in [2.45, 2.75) is 39.5 Å². The zero-order valence-corrected chi connectivity index (χ0v) is 11.0. The molecule has 0 aromatic rings. The maximum Gasteiger partial charge on any atom is 0.333 e. The van der Waals surface area contributed by atoms with Crippen molar-refractivity contribution in [3.8, 4) is 0 Å². The Kier molecular flexibility index (Phi) is 8.62. The van der Waals surface area contributed by atoms with E-state index < -0.39 is 11.9 Å². The number of carbonyl (C=O) groups is 2. The van der Waals surface area contributed by atoms with Gasteiger partial charge in [0.2, 0.25) is 0 Å². The molecule has 2 radical (unpaired) electrons. The molecule has 0 bridgehead atoms. The van der Waals surface area contributed by atoms with Crippen LogP contribution in [0.3, 0.4) is 0 Å². The molecule has 0 aliphatic rings. The second kappa shape index (κ2) is 9.45. The van der Waals surface area contributed by atoms with Crippen LogP contribution in [-0.2, 0) is 19.1 Å². The zero-order valence-electron chi connectivity index (χ0n) is 11.0. The summed E-state index contributed by atoms with van der Waals surface area (Å²) in [6, 6.07) is 0. The molecule has 0 aliphatic carbocycles. The highest BCUT2D eigenvalue weighted by molar-refractivity contribution is 5.87. The van der Waals surface area contributed by atoms with E-state index >= 15 is 0 Å². The van der Waals surface area contributed by atoms with Gasteiger partial charge in [0.15, 0.2) is 0 Å². The Bertz CT molecular complexity index is 286. The quantitative estimate of drug-likeness (QED) is 0.359. The summed E-state index contributed by atoms with van der Waals surface area (Å²) in [4.78, 5) is 22.0. The van der Waals surface area contributed by atoms with Crippen LogP contribution >= 0.6 is 0 Å². The van der Waals surface area contributed by atoms with E-state index in [1.165, 1.54) is 13.2 Å². The van der Waals surface area contributed by atoms with Crippen molar-refractivity contribution in [3.63, 3.8) is 0 Å². The van der Waals surface area contributed by atoms with Gasteiger partial charge in [0.05, 0.1) is 0 Å². The Balaban J connectivity index is 3.32. The monoisotopic (exact) mass is 252 g/mol. The molecule has 18 heavy (non-hydrogen) atoms. The highest BCUT2D eigenvalue weighted by Gasteiger charge is 2.04. The van der Waals surface area contributed by atoms with Crippen LogP contribution in [0.1, 0.15) is 39.5 Å². The number of rotatable bonds is 9. The summed E-state index contributed by atoms with van der Waals surface area (Å²) in [5, 5.41) is 0. The second-order valence-corrected chi connectivity index (χ2v) is 3.99. The molecule has 0 saturated carbocycles. The van der Waals surface area contributed by atoms with Crippen molar-refractivity contribution in [1.29, 1.82) is 0 Å². The fraction of sp³-hybridized carbons (Fsp3) is 0.429. The van der Waals surface area contributed by atoms with E-state index in [1.54, 1.807) is 13.8 Å². The van der Waals surface area contributed by atoms with Crippen molar-refractivity contribution in [3.05, 3.63) is 37.5 Å². The molecular weight excluding hydrogens is 232 g/mol. The molecule has 0 unspecified atom stereocenters. The molecule has 0 rings (SSSR count). The predicted octanol–water partition coefficient (Wildman–Crippen LogP) is 3.11. The summed E-state index contributed by atoms with van der Waals surface area (Å²) in [5.41, 5.74) is 0.762. The summed E-state index contributed by atoms with van der Waals surface area (Å²) >= 11 is 0. The molecule has 0 spiro atoms. The van der Waals surface area contributed by atoms with Gasteiger partial charge in [-0.05, 0) is 39.5 Å². The van der Waals surface area contributed by atoms with Gasteiger partial charge >= 0.3 is 11.9 Å². The van der Waals surface area contributed by atoms with Crippen molar-refractivity contribution < 1.29 is 19.1 Å². The maximum absolute atomic E-state index is 11.0. The average molecular weight is 252 g/mol. The van der Waals surface area contributed by atoms with Crippen LogP contribution in [-0.4, -0.2) is 11.9 Å². The van der Waals surface area contributed by atoms with Crippen molar-refractivity contribution in [1.82, 2.24) is 0 Å². The summed E-state index contributed by atoms with van der Waals surface area (Å²) in [6.07, 6.45) is 3.04. The summed E-state index contributed by atoms with van der Waals surface area (Å²) in [7, 11) is 0. The van der Waals surface area contributed by atoms with Gasteiger partial charge < -0.3 is 9.47 Å². The van der Waals surface area contributed by atoms with E-state index in [4.69, 9.17) is 9.47 Å². The van der Waals surface area contributed by atoms with E-state index in [0.717, 1.165) is 12.8 Å². The molecular formula is C14H20O4. The summed E-state index contributed by atoms with van der Waals surface area (Å²) in [6.45, 7) is 13.1. The smallest absolute Gasteiger partial charge is 0.333 e. The minimum atomic E-state index is -0.406. The highest BCUT2D eigenvalue weighted by atomic mass is 16.5. The lowest BCUT2D eigenvalue weighted by Gasteiger charge is -2.04. The zero-order chi connectivity index (χ0) is 14.0. The van der Waals surface area contributed by atoms with Crippen LogP contribution in [0.5, 0.6) is 0 Å². The lowest BCUT2D eigenvalue weighted by Crippen LogP contribution is -2.03. The Morgan fingerprint density at radius 2 is 1.22 bits per heavy atom. The van der Waals surface area contributed by atoms with Gasteiger partial charge in [0, 0.05) is 11.1 Å². The molecule has 0 amide bonds. The molecule has 100 valence electrons. The Morgan fingerprint density at radius 3 is 1.50 bits per heavy atom. The van der Waals surface area contributed by atoms with Gasteiger partial charge in [0.1, 0.15) is 13.2 Å². The van der Waals surface area contributed by atoms with Crippen LogP contribution in [0.15, 0.2) is 24.3 Å². The first-order valence-corrected chi connectivity index (χ1v) is 5.81. The van der Waals surface area contributed by atoms with Crippen LogP contribution in [0.4, 0.5) is 0 Å². The predicted molar refractivity (Wildman–Crippen MR) is 68.9 cm³/mol.